The zero-order chi connectivity index (χ0) is 14.4. The second kappa shape index (κ2) is 6.85. The molecule has 0 unspecified atom stereocenters. The molecule has 0 aromatic heterocycles. The molecule has 0 aliphatic carbocycles. The molecule has 0 spiro atoms. The number of rotatable bonds is 7. The van der Waals surface area contributed by atoms with Crippen molar-refractivity contribution in [2.45, 2.75) is 26.3 Å². The van der Waals surface area contributed by atoms with E-state index in [0.717, 1.165) is 0 Å². The monoisotopic (exact) mass is 313 g/mol. The molecular weight excluding hydrogens is 298 g/mol. The summed E-state index contributed by atoms with van der Waals surface area (Å²) < 4.78 is 76.0. The van der Waals surface area contributed by atoms with Gasteiger partial charge in [-0.1, -0.05) is 4.15 Å². The maximum Gasteiger partial charge on any atom is 0.518 e. The van der Waals surface area contributed by atoms with Gasteiger partial charge in [0, 0.05) is 0 Å². The van der Waals surface area contributed by atoms with Crippen LogP contribution in [0.5, 0.6) is 0 Å². The SMILES string of the molecule is CCOP(=NS(=O)(=O)C(F)(F)F)(OCC)OCC. The molecule has 0 saturated heterocycles. The van der Waals surface area contributed by atoms with Crippen molar-refractivity contribution in [1.29, 1.82) is 0 Å². The molecule has 0 bridgehead atoms. The van der Waals surface area contributed by atoms with Crippen LogP contribution in [0, 0.1) is 0 Å². The van der Waals surface area contributed by atoms with E-state index in [9.17, 15) is 21.6 Å². The highest BCUT2D eigenvalue weighted by molar-refractivity contribution is 7.93. The Hall–Kier alpha value is -0.150. The first-order valence-corrected chi connectivity index (χ1v) is 7.96. The van der Waals surface area contributed by atoms with Crippen LogP contribution in [0.4, 0.5) is 13.2 Å². The summed E-state index contributed by atoms with van der Waals surface area (Å²) in [5.41, 5.74) is -5.51. The van der Waals surface area contributed by atoms with Crippen LogP contribution in [0.15, 0.2) is 4.15 Å². The molecule has 0 rings (SSSR count). The van der Waals surface area contributed by atoms with Crippen molar-refractivity contribution in [3.8, 4) is 0 Å². The van der Waals surface area contributed by atoms with Gasteiger partial charge in [0.05, 0.1) is 19.8 Å². The fourth-order valence-electron chi connectivity index (χ4n) is 0.850. The Bertz CT molecular complexity index is 384. The number of sulfonamides is 1. The number of hydrogen-bond donors (Lipinski definition) is 0. The quantitative estimate of drug-likeness (QED) is 0.676. The molecular formula is C7H15F3NO5PS. The predicted molar refractivity (Wildman–Crippen MR) is 59.2 cm³/mol. The Kier molecular flexibility index (Phi) is 6.80. The zero-order valence-corrected chi connectivity index (χ0v) is 11.8. The first-order valence-electron chi connectivity index (χ1n) is 5.02. The van der Waals surface area contributed by atoms with E-state index in [4.69, 9.17) is 13.6 Å². The second-order valence-electron chi connectivity index (χ2n) is 2.72. The molecule has 110 valence electrons. The molecule has 0 aliphatic rings. The highest BCUT2D eigenvalue weighted by Crippen LogP contribution is 2.55. The first kappa shape index (κ1) is 17.8. The fourth-order valence-corrected chi connectivity index (χ4v) is 4.04. The molecule has 0 radical (unpaired) electrons. The Balaban J connectivity index is 5.68. The van der Waals surface area contributed by atoms with E-state index in [2.05, 4.69) is 4.15 Å². The molecule has 18 heavy (non-hydrogen) atoms. The van der Waals surface area contributed by atoms with E-state index < -0.39 is 23.3 Å². The van der Waals surface area contributed by atoms with Gasteiger partial charge in [-0.15, -0.1) is 0 Å². The lowest BCUT2D eigenvalue weighted by molar-refractivity contribution is -0.0436. The minimum atomic E-state index is -5.72. The summed E-state index contributed by atoms with van der Waals surface area (Å²) >= 11 is 0. The van der Waals surface area contributed by atoms with Gasteiger partial charge in [-0.05, 0) is 20.8 Å². The van der Waals surface area contributed by atoms with Crippen LogP contribution in [-0.4, -0.2) is 33.7 Å². The molecule has 0 amide bonds. The minimum Gasteiger partial charge on any atom is -0.302 e. The van der Waals surface area contributed by atoms with Gasteiger partial charge < -0.3 is 13.6 Å². The Morgan fingerprint density at radius 1 is 1.00 bits per heavy atom. The smallest absolute Gasteiger partial charge is 0.302 e. The highest BCUT2D eigenvalue weighted by atomic mass is 32.2. The van der Waals surface area contributed by atoms with Crippen LogP contribution >= 0.6 is 7.74 Å². The summed E-state index contributed by atoms with van der Waals surface area (Å²) in [6.45, 7) is 4.10. The predicted octanol–water partition coefficient (Wildman–Crippen LogP) is 2.89. The van der Waals surface area contributed by atoms with Crippen LogP contribution < -0.4 is 0 Å². The third-order valence-corrected chi connectivity index (χ3v) is 5.38. The van der Waals surface area contributed by atoms with Crippen molar-refractivity contribution in [1.82, 2.24) is 0 Å². The molecule has 0 aromatic carbocycles. The Labute approximate surface area is 104 Å². The topological polar surface area (TPSA) is 74.2 Å². The molecule has 0 atom stereocenters. The van der Waals surface area contributed by atoms with Crippen molar-refractivity contribution in [3.05, 3.63) is 0 Å². The highest BCUT2D eigenvalue weighted by Gasteiger charge is 2.48. The molecule has 0 N–H and O–H groups in total. The molecule has 0 aromatic rings. The number of nitrogens with zero attached hydrogens (tertiary/aromatic N) is 1. The molecule has 0 heterocycles. The largest absolute Gasteiger partial charge is 0.518 e. The molecule has 0 fully saturated rings. The van der Waals surface area contributed by atoms with Gasteiger partial charge in [-0.25, -0.2) is 0 Å². The van der Waals surface area contributed by atoms with Gasteiger partial charge in [0.15, 0.2) is 0 Å². The summed E-state index contributed by atoms with van der Waals surface area (Å²) in [7, 11) is -9.62. The fraction of sp³-hybridized carbons (Fsp3) is 1.00. The second-order valence-corrected chi connectivity index (χ2v) is 6.50. The third-order valence-electron chi connectivity index (χ3n) is 1.38. The molecule has 6 nitrogen and oxygen atoms in total. The number of hydrogen-bond acceptors (Lipinski definition) is 5. The van der Waals surface area contributed by atoms with Crippen LogP contribution in [0.1, 0.15) is 20.8 Å². The summed E-state index contributed by atoms with van der Waals surface area (Å²) in [6.07, 6.45) is 0. The average Bonchev–Trinajstić information content (AvgIpc) is 2.15. The van der Waals surface area contributed by atoms with Crippen LogP contribution in [0.2, 0.25) is 0 Å². The normalized spacial score (nSPS) is 13.7. The first-order chi connectivity index (χ1) is 8.14. The van der Waals surface area contributed by atoms with Crippen molar-refractivity contribution in [2.75, 3.05) is 19.8 Å². The van der Waals surface area contributed by atoms with Gasteiger partial charge in [0.2, 0.25) is 0 Å². The van der Waals surface area contributed by atoms with E-state index in [1.165, 1.54) is 20.8 Å². The van der Waals surface area contributed by atoms with E-state index >= 15 is 0 Å². The maximum atomic E-state index is 12.3. The molecule has 0 saturated carbocycles. The Morgan fingerprint density at radius 3 is 1.56 bits per heavy atom. The lowest BCUT2D eigenvalue weighted by Crippen LogP contribution is -2.21. The number of alkyl halides is 3. The maximum absolute atomic E-state index is 12.3. The van der Waals surface area contributed by atoms with Crippen molar-refractivity contribution < 1.29 is 35.2 Å². The molecule has 0 aliphatic heterocycles. The van der Waals surface area contributed by atoms with E-state index in [1.54, 1.807) is 0 Å². The van der Waals surface area contributed by atoms with Gasteiger partial charge in [0.25, 0.3) is 0 Å². The van der Waals surface area contributed by atoms with Crippen LogP contribution in [-0.2, 0) is 23.6 Å². The van der Waals surface area contributed by atoms with Crippen LogP contribution in [0.3, 0.4) is 0 Å². The van der Waals surface area contributed by atoms with Crippen LogP contribution in [0.25, 0.3) is 0 Å². The summed E-state index contributed by atoms with van der Waals surface area (Å²) in [6, 6.07) is 0. The van der Waals surface area contributed by atoms with E-state index in [0.29, 0.717) is 0 Å². The zero-order valence-electron chi connectivity index (χ0n) is 10.1. The summed E-state index contributed by atoms with van der Waals surface area (Å²) in [4.78, 5) is 0. The van der Waals surface area contributed by atoms with E-state index in [-0.39, 0.29) is 19.8 Å². The van der Waals surface area contributed by atoms with Gasteiger partial charge in [-0.2, -0.15) is 21.6 Å². The average molecular weight is 313 g/mol. The van der Waals surface area contributed by atoms with Crippen molar-refractivity contribution >= 4 is 17.8 Å². The minimum absolute atomic E-state index is 0.0926. The standard InChI is InChI=1S/C7H15F3NO5PS/c1-4-14-17(15-5-2,16-6-3)11-18(12,13)7(8,9)10/h4-6H2,1-3H3. The lowest BCUT2D eigenvalue weighted by atomic mass is 10.9. The van der Waals surface area contributed by atoms with Gasteiger partial charge >= 0.3 is 23.3 Å². The lowest BCUT2D eigenvalue weighted by Gasteiger charge is -2.21. The van der Waals surface area contributed by atoms with E-state index in [1.807, 2.05) is 0 Å². The molecule has 11 heteroatoms. The van der Waals surface area contributed by atoms with Crippen molar-refractivity contribution in [3.63, 3.8) is 0 Å². The Morgan fingerprint density at radius 2 is 1.33 bits per heavy atom. The van der Waals surface area contributed by atoms with Gasteiger partial charge in [-0.3, -0.25) is 0 Å². The summed E-state index contributed by atoms with van der Waals surface area (Å²) in [5.74, 6) is 0. The summed E-state index contributed by atoms with van der Waals surface area (Å²) in [5, 5.41) is 0. The number of halogens is 3. The third kappa shape index (κ3) is 4.85. The van der Waals surface area contributed by atoms with Crippen molar-refractivity contribution in [2.24, 2.45) is 4.15 Å². The van der Waals surface area contributed by atoms with Gasteiger partial charge in [0.1, 0.15) is 0 Å².